The van der Waals surface area contributed by atoms with Crippen molar-refractivity contribution in [2.45, 2.75) is 57.3 Å². The maximum atomic E-state index is 13.6. The number of piperidine rings is 1. The van der Waals surface area contributed by atoms with Crippen LogP contribution in [0.5, 0.6) is 0 Å². The SMILES string of the molecule is CCc1ccc(C(C)NC(=O)CSc2nnc(CN3CCCCC3)n2-c2ccc(F)cc2)cc1. The molecule has 180 valence electrons. The Hall–Kier alpha value is -2.71. The highest BCUT2D eigenvalue weighted by molar-refractivity contribution is 7.99. The molecule has 1 aromatic heterocycles. The zero-order chi connectivity index (χ0) is 23.9. The largest absolute Gasteiger partial charge is 0.349 e. The number of hydrogen-bond donors (Lipinski definition) is 1. The molecule has 6 nitrogen and oxygen atoms in total. The second-order valence-electron chi connectivity index (χ2n) is 8.72. The summed E-state index contributed by atoms with van der Waals surface area (Å²) in [5.41, 5.74) is 3.15. The number of amides is 1. The summed E-state index contributed by atoms with van der Waals surface area (Å²) in [7, 11) is 0. The molecule has 0 saturated carbocycles. The van der Waals surface area contributed by atoms with Crippen LogP contribution < -0.4 is 5.32 Å². The lowest BCUT2D eigenvalue weighted by Gasteiger charge is -2.26. The van der Waals surface area contributed by atoms with E-state index in [1.807, 2.05) is 11.5 Å². The van der Waals surface area contributed by atoms with Gasteiger partial charge in [0.15, 0.2) is 11.0 Å². The van der Waals surface area contributed by atoms with Gasteiger partial charge in [-0.05, 0) is 74.7 Å². The van der Waals surface area contributed by atoms with Crippen LogP contribution in [0.4, 0.5) is 4.39 Å². The Bertz CT molecular complexity index is 1080. The Kier molecular flexibility index (Phi) is 8.34. The first-order chi connectivity index (χ1) is 16.5. The molecule has 0 radical (unpaired) electrons. The summed E-state index contributed by atoms with van der Waals surface area (Å²) in [6.07, 6.45) is 4.63. The predicted octanol–water partition coefficient (Wildman–Crippen LogP) is 4.92. The van der Waals surface area contributed by atoms with E-state index in [4.69, 9.17) is 0 Å². The normalized spacial score (nSPS) is 15.3. The Morgan fingerprint density at radius 2 is 1.76 bits per heavy atom. The van der Waals surface area contributed by atoms with E-state index >= 15 is 0 Å². The number of aromatic nitrogens is 3. The van der Waals surface area contributed by atoms with Crippen LogP contribution in [-0.2, 0) is 17.8 Å². The first-order valence-corrected chi connectivity index (χ1v) is 13.0. The van der Waals surface area contributed by atoms with Crippen molar-refractivity contribution in [3.8, 4) is 5.69 Å². The minimum Gasteiger partial charge on any atom is -0.349 e. The van der Waals surface area contributed by atoms with Crippen LogP contribution in [0.3, 0.4) is 0 Å². The van der Waals surface area contributed by atoms with Gasteiger partial charge in [-0.15, -0.1) is 10.2 Å². The predicted molar refractivity (Wildman–Crippen MR) is 134 cm³/mol. The van der Waals surface area contributed by atoms with Crippen LogP contribution in [0.2, 0.25) is 0 Å². The topological polar surface area (TPSA) is 63.1 Å². The third-order valence-electron chi connectivity index (χ3n) is 6.20. The summed E-state index contributed by atoms with van der Waals surface area (Å²) in [5.74, 6) is 0.675. The molecule has 34 heavy (non-hydrogen) atoms. The van der Waals surface area contributed by atoms with Crippen LogP contribution in [0.15, 0.2) is 53.7 Å². The summed E-state index contributed by atoms with van der Waals surface area (Å²) in [6.45, 7) is 6.87. The summed E-state index contributed by atoms with van der Waals surface area (Å²) in [4.78, 5) is 15.1. The zero-order valence-electron chi connectivity index (χ0n) is 19.8. The van der Waals surface area contributed by atoms with Crippen molar-refractivity contribution in [3.63, 3.8) is 0 Å². The van der Waals surface area contributed by atoms with Crippen molar-refractivity contribution in [3.05, 3.63) is 71.3 Å². The smallest absolute Gasteiger partial charge is 0.230 e. The molecule has 1 aliphatic heterocycles. The fraction of sp³-hybridized carbons (Fsp3) is 0.423. The fourth-order valence-electron chi connectivity index (χ4n) is 4.20. The molecule has 1 aliphatic rings. The number of hydrogen-bond acceptors (Lipinski definition) is 5. The number of nitrogens with zero attached hydrogens (tertiary/aromatic N) is 4. The third kappa shape index (κ3) is 6.24. The second kappa shape index (κ2) is 11.6. The summed E-state index contributed by atoms with van der Waals surface area (Å²) in [5, 5.41) is 12.5. The Morgan fingerprint density at radius 3 is 2.44 bits per heavy atom. The van der Waals surface area contributed by atoms with Crippen LogP contribution in [0.1, 0.15) is 56.1 Å². The molecule has 0 aliphatic carbocycles. The molecule has 1 amide bonds. The standard InChI is InChI=1S/C26H32FN5OS/c1-3-20-7-9-21(10-8-20)19(2)28-25(33)18-34-26-30-29-24(17-31-15-5-4-6-16-31)32(26)23-13-11-22(27)12-14-23/h7-14,19H,3-6,15-18H2,1-2H3,(H,28,33). The van der Waals surface area contributed by atoms with Crippen molar-refractivity contribution >= 4 is 17.7 Å². The van der Waals surface area contributed by atoms with Gasteiger partial charge < -0.3 is 5.32 Å². The van der Waals surface area contributed by atoms with E-state index in [-0.39, 0.29) is 23.5 Å². The molecule has 8 heteroatoms. The number of benzene rings is 2. The van der Waals surface area contributed by atoms with Gasteiger partial charge in [-0.1, -0.05) is 49.4 Å². The quantitative estimate of drug-likeness (QED) is 0.440. The molecule has 0 spiro atoms. The maximum Gasteiger partial charge on any atom is 0.230 e. The van der Waals surface area contributed by atoms with E-state index in [9.17, 15) is 9.18 Å². The van der Waals surface area contributed by atoms with Crippen LogP contribution in [0, 0.1) is 5.82 Å². The van der Waals surface area contributed by atoms with Crippen molar-refractivity contribution < 1.29 is 9.18 Å². The number of halogens is 1. The number of likely N-dealkylation sites (tertiary alicyclic amines) is 1. The number of rotatable bonds is 9. The van der Waals surface area contributed by atoms with E-state index in [0.717, 1.165) is 36.6 Å². The zero-order valence-corrected chi connectivity index (χ0v) is 20.7. The third-order valence-corrected chi connectivity index (χ3v) is 7.13. The summed E-state index contributed by atoms with van der Waals surface area (Å²) < 4.78 is 15.5. The van der Waals surface area contributed by atoms with E-state index in [0.29, 0.717) is 11.7 Å². The number of carbonyl (C=O) groups excluding carboxylic acids is 1. The molecule has 1 atom stereocenters. The molecular formula is C26H32FN5OS. The lowest BCUT2D eigenvalue weighted by atomic mass is 10.1. The Labute approximate surface area is 205 Å². The molecule has 1 fully saturated rings. The van der Waals surface area contributed by atoms with E-state index in [1.165, 1.54) is 48.7 Å². The Balaban J connectivity index is 1.44. The molecule has 0 bridgehead atoms. The summed E-state index contributed by atoms with van der Waals surface area (Å²) in [6, 6.07) is 14.6. The van der Waals surface area contributed by atoms with Crippen LogP contribution in [-0.4, -0.2) is 44.4 Å². The molecular weight excluding hydrogens is 449 g/mol. The van der Waals surface area contributed by atoms with Gasteiger partial charge in [0.25, 0.3) is 0 Å². The molecule has 4 rings (SSSR count). The van der Waals surface area contributed by atoms with Gasteiger partial charge in [0.2, 0.25) is 5.91 Å². The number of carbonyl (C=O) groups is 1. The van der Waals surface area contributed by atoms with Crippen molar-refractivity contribution in [2.24, 2.45) is 0 Å². The van der Waals surface area contributed by atoms with Gasteiger partial charge in [0, 0.05) is 5.69 Å². The van der Waals surface area contributed by atoms with Gasteiger partial charge in [-0.2, -0.15) is 0 Å². The highest BCUT2D eigenvalue weighted by Gasteiger charge is 2.20. The minimum atomic E-state index is -0.288. The average molecular weight is 482 g/mol. The molecule has 2 aromatic carbocycles. The number of aryl methyl sites for hydroxylation is 1. The molecule has 1 saturated heterocycles. The van der Waals surface area contributed by atoms with E-state index in [1.54, 1.807) is 12.1 Å². The van der Waals surface area contributed by atoms with Gasteiger partial charge >= 0.3 is 0 Å². The van der Waals surface area contributed by atoms with Gasteiger partial charge in [0.05, 0.1) is 18.3 Å². The number of nitrogens with one attached hydrogen (secondary N) is 1. The molecule has 1 N–H and O–H groups in total. The highest BCUT2D eigenvalue weighted by atomic mass is 32.2. The first kappa shape index (κ1) is 24.4. The van der Waals surface area contributed by atoms with Gasteiger partial charge in [-0.3, -0.25) is 14.3 Å². The molecule has 1 unspecified atom stereocenters. The molecule has 3 aromatic rings. The van der Waals surface area contributed by atoms with E-state index < -0.39 is 0 Å². The lowest BCUT2D eigenvalue weighted by molar-refractivity contribution is -0.119. The second-order valence-corrected chi connectivity index (χ2v) is 9.66. The van der Waals surface area contributed by atoms with Crippen molar-refractivity contribution in [2.75, 3.05) is 18.8 Å². The van der Waals surface area contributed by atoms with Crippen molar-refractivity contribution in [1.29, 1.82) is 0 Å². The maximum absolute atomic E-state index is 13.6. The average Bonchev–Trinajstić information content (AvgIpc) is 3.26. The first-order valence-electron chi connectivity index (χ1n) is 12.0. The monoisotopic (exact) mass is 481 g/mol. The van der Waals surface area contributed by atoms with Gasteiger partial charge in [-0.25, -0.2) is 4.39 Å². The van der Waals surface area contributed by atoms with E-state index in [2.05, 4.69) is 51.6 Å². The van der Waals surface area contributed by atoms with Crippen LogP contribution >= 0.6 is 11.8 Å². The van der Waals surface area contributed by atoms with Crippen molar-refractivity contribution in [1.82, 2.24) is 25.0 Å². The lowest BCUT2D eigenvalue weighted by Crippen LogP contribution is -2.30. The fourth-order valence-corrected chi connectivity index (χ4v) is 4.98. The number of thioether (sulfide) groups is 1. The molecule has 2 heterocycles. The van der Waals surface area contributed by atoms with Crippen LogP contribution in [0.25, 0.3) is 5.69 Å². The highest BCUT2D eigenvalue weighted by Crippen LogP contribution is 2.24. The van der Waals surface area contributed by atoms with Gasteiger partial charge in [0.1, 0.15) is 5.82 Å². The minimum absolute atomic E-state index is 0.0664. The summed E-state index contributed by atoms with van der Waals surface area (Å²) >= 11 is 1.35. The Morgan fingerprint density at radius 1 is 1.06 bits per heavy atom.